The third-order valence-corrected chi connectivity index (χ3v) is 15.7. The van der Waals surface area contributed by atoms with E-state index in [1.165, 1.54) is 6.07 Å². The molecule has 0 unspecified atom stereocenters. The molecule has 0 saturated heterocycles. The van der Waals surface area contributed by atoms with Crippen molar-refractivity contribution in [2.45, 2.75) is 19.3 Å². The van der Waals surface area contributed by atoms with E-state index in [1.807, 2.05) is 54.6 Å². The molecule has 0 radical (unpaired) electrons. The van der Waals surface area contributed by atoms with Crippen LogP contribution in [0.4, 0.5) is 11.4 Å². The molecule has 0 saturated carbocycles. The molecule has 7 rings (SSSR count). The number of benzene rings is 4. The Kier molecular flexibility index (Phi) is 4.85. The molecule has 9 heteroatoms. The normalized spacial score (nSPS) is 16.1. The van der Waals surface area contributed by atoms with Gasteiger partial charge >= 0.3 is 221 Å². The molecule has 0 aliphatic carbocycles. The molecule has 3 heterocycles. The molecule has 0 N–H and O–H groups in total. The number of hydrogen-bond donors (Lipinski definition) is 0. The first-order chi connectivity index (χ1) is 17.2. The van der Waals surface area contributed by atoms with Crippen LogP contribution in [0, 0.1) is 3.57 Å². The van der Waals surface area contributed by atoms with E-state index in [0.717, 1.165) is 44.0 Å². The zero-order valence-electron chi connectivity index (χ0n) is 19.2. The molecule has 2 aliphatic rings. The van der Waals surface area contributed by atoms with Crippen molar-refractivity contribution >= 4 is 85.6 Å². The first kappa shape index (κ1) is 22.9. The standard InChI is InChI=1S/C27H19BF4I2N2/c1-27(2)18-9-4-5-11-20(18)28-24-19(27)10-7-13-23(24)36-22-12-6-3-8-16(22)17-14-15-21(25(28)26(17)36)34(31,32)35-33(29)30/h3-15H,1-2H3. The topological polar surface area (TPSA) is 17.3 Å². The quantitative estimate of drug-likeness (QED) is 0.100. The second-order valence-electron chi connectivity index (χ2n) is 9.75. The molecule has 0 bridgehead atoms. The van der Waals surface area contributed by atoms with Crippen molar-refractivity contribution < 1.29 is 11.4 Å². The number of fused-ring (bicyclic) bond motifs is 7. The second kappa shape index (κ2) is 7.62. The van der Waals surface area contributed by atoms with Gasteiger partial charge in [-0.05, 0) is 0 Å². The van der Waals surface area contributed by atoms with E-state index in [1.54, 1.807) is 6.07 Å². The van der Waals surface area contributed by atoms with E-state index in [-0.39, 0.29) is 8.99 Å². The summed E-state index contributed by atoms with van der Waals surface area (Å²) in [6.07, 6.45) is 0. The molecule has 1 aromatic heterocycles. The minimum atomic E-state index is -6.29. The van der Waals surface area contributed by atoms with Crippen LogP contribution in [0.5, 0.6) is 0 Å². The van der Waals surface area contributed by atoms with Gasteiger partial charge in [0.2, 0.25) is 0 Å². The van der Waals surface area contributed by atoms with E-state index < -0.39 is 47.4 Å². The van der Waals surface area contributed by atoms with Crippen LogP contribution < -0.4 is 16.4 Å². The van der Waals surface area contributed by atoms with Gasteiger partial charge < -0.3 is 0 Å². The van der Waals surface area contributed by atoms with E-state index in [2.05, 4.69) is 31.9 Å². The molecule has 2 nitrogen and oxygen atoms in total. The number of hydrogen-bond acceptors (Lipinski definition) is 1. The molecule has 5 aromatic rings. The maximum atomic E-state index is 15.7. The number of aromatic nitrogens is 1. The van der Waals surface area contributed by atoms with Gasteiger partial charge in [-0.1, -0.05) is 0 Å². The van der Waals surface area contributed by atoms with Crippen LogP contribution in [-0.4, -0.2) is 11.3 Å². The zero-order chi connectivity index (χ0) is 25.0. The Morgan fingerprint density at radius 1 is 0.806 bits per heavy atom. The fourth-order valence-electron chi connectivity index (χ4n) is 6.39. The van der Waals surface area contributed by atoms with Crippen molar-refractivity contribution in [2.75, 3.05) is 0 Å². The predicted octanol–water partition coefficient (Wildman–Crippen LogP) is 7.61. The van der Waals surface area contributed by atoms with Crippen LogP contribution in [0.25, 0.3) is 27.5 Å². The molecule has 2 aliphatic heterocycles. The molecule has 0 fully saturated rings. The summed E-state index contributed by atoms with van der Waals surface area (Å²) in [5.41, 5.74) is 6.77. The van der Waals surface area contributed by atoms with Crippen LogP contribution in [-0.2, 0) is 5.41 Å². The molecule has 4 aromatic carbocycles. The summed E-state index contributed by atoms with van der Waals surface area (Å²) in [5.74, 6) is 0. The van der Waals surface area contributed by atoms with Crippen LogP contribution >= 0.6 is 40.6 Å². The second-order valence-corrected chi connectivity index (χ2v) is 17.1. The van der Waals surface area contributed by atoms with Gasteiger partial charge in [-0.25, -0.2) is 0 Å². The summed E-state index contributed by atoms with van der Waals surface area (Å²) in [6.45, 7) is 3.85. The number of nitrogens with zero attached hydrogens (tertiary/aromatic N) is 2. The van der Waals surface area contributed by atoms with Crippen LogP contribution in [0.3, 0.4) is 0 Å². The van der Waals surface area contributed by atoms with Gasteiger partial charge in [0.1, 0.15) is 0 Å². The Morgan fingerprint density at radius 2 is 1.53 bits per heavy atom. The minimum absolute atomic E-state index is 0.254. The Bertz CT molecular complexity index is 1810. The third kappa shape index (κ3) is 2.89. The van der Waals surface area contributed by atoms with Gasteiger partial charge in [-0.2, -0.15) is 0 Å². The van der Waals surface area contributed by atoms with Crippen LogP contribution in [0.15, 0.2) is 80.2 Å². The van der Waals surface area contributed by atoms with Gasteiger partial charge in [-0.15, -0.1) is 0 Å². The Hall–Kier alpha value is -2.28. The fraction of sp³-hybridized carbons (Fsp3) is 0.111. The van der Waals surface area contributed by atoms with Crippen molar-refractivity contribution in [2.24, 2.45) is 1.36 Å². The average Bonchev–Trinajstić information content (AvgIpc) is 3.18. The zero-order valence-corrected chi connectivity index (χ0v) is 23.6. The Balaban J connectivity index is 1.76. The van der Waals surface area contributed by atoms with Gasteiger partial charge in [0.25, 0.3) is 0 Å². The number of halogens is 6. The van der Waals surface area contributed by atoms with E-state index in [4.69, 9.17) is 0 Å². The number of para-hydroxylation sites is 1. The predicted molar refractivity (Wildman–Crippen MR) is 158 cm³/mol. The van der Waals surface area contributed by atoms with Crippen LogP contribution in [0.2, 0.25) is 0 Å². The summed E-state index contributed by atoms with van der Waals surface area (Å²) < 4.78 is 62.9. The maximum absolute atomic E-state index is 15.7. The Morgan fingerprint density at radius 3 is 2.33 bits per heavy atom. The molecule has 0 atom stereocenters. The van der Waals surface area contributed by atoms with Crippen molar-refractivity contribution in [3.05, 3.63) is 93.6 Å². The van der Waals surface area contributed by atoms with Gasteiger partial charge in [0.15, 0.2) is 0 Å². The van der Waals surface area contributed by atoms with E-state index >= 15 is 5.72 Å². The van der Waals surface area contributed by atoms with Gasteiger partial charge in [0.05, 0.1) is 0 Å². The van der Waals surface area contributed by atoms with Gasteiger partial charge in [0, 0.05) is 0 Å². The van der Waals surface area contributed by atoms with Gasteiger partial charge in [-0.3, -0.25) is 0 Å². The average molecular weight is 712 g/mol. The van der Waals surface area contributed by atoms with Crippen molar-refractivity contribution in [1.82, 2.24) is 4.57 Å². The van der Waals surface area contributed by atoms with Crippen molar-refractivity contribution in [3.8, 4) is 5.69 Å². The third-order valence-electron chi connectivity index (χ3n) is 7.72. The summed E-state index contributed by atoms with van der Waals surface area (Å²) in [5, 5.41) is 1.82. The van der Waals surface area contributed by atoms with Crippen molar-refractivity contribution in [3.63, 3.8) is 0 Å². The molecule has 0 spiro atoms. The molecular weight excluding hydrogens is 693 g/mol. The molecule has 36 heavy (non-hydrogen) atoms. The van der Waals surface area contributed by atoms with Crippen molar-refractivity contribution in [1.29, 1.82) is 0 Å². The summed E-state index contributed by atoms with van der Waals surface area (Å²) in [4.78, 5) is 0. The van der Waals surface area contributed by atoms with E-state index in [0.29, 0.717) is 11.0 Å². The summed E-state index contributed by atoms with van der Waals surface area (Å²) in [6, 6.07) is 25.1. The monoisotopic (exact) mass is 712 g/mol. The van der Waals surface area contributed by atoms with Crippen LogP contribution in [0.1, 0.15) is 25.0 Å². The molecular formula is C27H19BF4I2N2. The summed E-state index contributed by atoms with van der Waals surface area (Å²) in [7, 11) is 0. The first-order valence-electron chi connectivity index (χ1n) is 11.4. The molecule has 182 valence electrons. The summed E-state index contributed by atoms with van der Waals surface area (Å²) >= 11 is -11.3. The fourth-order valence-corrected chi connectivity index (χ4v) is 12.5. The SMILES string of the molecule is CC1(C)c2ccccc2B2c3c(cccc31)-n1c3ccccc3c3ccc(I(F)(F)=NI(F)F)c2c31. The van der Waals surface area contributed by atoms with E-state index in [9.17, 15) is 5.72 Å². The first-order valence-corrected chi connectivity index (χ1v) is 17.7. The number of rotatable bonds is 2. The molecule has 0 amide bonds. The Labute approximate surface area is 220 Å².